The second-order valence-electron chi connectivity index (χ2n) is 7.57. The molecule has 1 fully saturated rings. The molecule has 0 radical (unpaired) electrons. The third-order valence-corrected chi connectivity index (χ3v) is 5.51. The van der Waals surface area contributed by atoms with E-state index in [0.717, 1.165) is 58.3 Å². The summed E-state index contributed by atoms with van der Waals surface area (Å²) in [6.07, 6.45) is 1.15. The van der Waals surface area contributed by atoms with Crippen LogP contribution in [-0.4, -0.2) is 75.4 Å². The van der Waals surface area contributed by atoms with Crippen molar-refractivity contribution >= 4 is 29.9 Å². The van der Waals surface area contributed by atoms with E-state index in [1.807, 2.05) is 0 Å². The molecule has 172 valence electrons. The first-order valence-corrected chi connectivity index (χ1v) is 11.1. The van der Waals surface area contributed by atoms with Crippen LogP contribution in [0.1, 0.15) is 38.3 Å². The van der Waals surface area contributed by atoms with Crippen LogP contribution < -0.4 is 5.32 Å². The average Bonchev–Trinajstić information content (AvgIpc) is 3.22. The number of rotatable bonds is 12. The van der Waals surface area contributed by atoms with Crippen molar-refractivity contribution in [3.63, 3.8) is 0 Å². The Morgan fingerprint density at radius 3 is 2.57 bits per heavy atom. The molecule has 1 heterocycles. The number of guanidine groups is 1. The van der Waals surface area contributed by atoms with Crippen LogP contribution in [0.4, 0.5) is 0 Å². The van der Waals surface area contributed by atoms with Crippen molar-refractivity contribution in [1.29, 1.82) is 0 Å². The molecular weight excluding hydrogens is 491 g/mol. The van der Waals surface area contributed by atoms with Crippen LogP contribution in [0.25, 0.3) is 0 Å². The molecule has 0 amide bonds. The van der Waals surface area contributed by atoms with Crippen molar-refractivity contribution in [1.82, 2.24) is 15.1 Å². The van der Waals surface area contributed by atoms with Gasteiger partial charge in [-0.05, 0) is 37.6 Å². The number of halogens is 1. The fourth-order valence-electron chi connectivity index (χ4n) is 3.69. The van der Waals surface area contributed by atoms with Crippen LogP contribution in [-0.2, 0) is 22.6 Å². The molecule has 0 aliphatic carbocycles. The van der Waals surface area contributed by atoms with Gasteiger partial charge in [-0.1, -0.05) is 38.1 Å². The maximum atomic E-state index is 5.73. The van der Waals surface area contributed by atoms with Crippen molar-refractivity contribution in [2.75, 3.05) is 59.7 Å². The number of hydrogen-bond acceptors (Lipinski definition) is 4. The van der Waals surface area contributed by atoms with E-state index >= 15 is 0 Å². The van der Waals surface area contributed by atoms with E-state index < -0.39 is 0 Å². The number of ether oxygens (including phenoxy) is 2. The highest BCUT2D eigenvalue weighted by atomic mass is 127. The van der Waals surface area contributed by atoms with Crippen LogP contribution in [0.3, 0.4) is 0 Å². The minimum atomic E-state index is 0. The molecule has 1 unspecified atom stereocenters. The number of nitrogens with one attached hydrogen (secondary N) is 1. The van der Waals surface area contributed by atoms with E-state index in [-0.39, 0.29) is 24.0 Å². The van der Waals surface area contributed by atoms with E-state index in [9.17, 15) is 0 Å². The Morgan fingerprint density at radius 2 is 1.90 bits per heavy atom. The number of methoxy groups -OCH3 is 1. The minimum Gasteiger partial charge on any atom is -0.382 e. The summed E-state index contributed by atoms with van der Waals surface area (Å²) in [5, 5.41) is 3.48. The molecule has 0 aromatic heterocycles. The lowest BCUT2D eigenvalue weighted by Gasteiger charge is -2.22. The van der Waals surface area contributed by atoms with Crippen molar-refractivity contribution < 1.29 is 9.47 Å². The van der Waals surface area contributed by atoms with Gasteiger partial charge >= 0.3 is 0 Å². The molecule has 1 N–H and O–H groups in total. The van der Waals surface area contributed by atoms with Crippen LogP contribution in [0, 0.1) is 5.92 Å². The molecule has 1 aliphatic rings. The summed E-state index contributed by atoms with van der Waals surface area (Å²) >= 11 is 0. The molecule has 0 bridgehead atoms. The lowest BCUT2D eigenvalue weighted by molar-refractivity contribution is 0.0536. The van der Waals surface area contributed by atoms with E-state index in [1.54, 1.807) is 7.11 Å². The predicted octanol–water partition coefficient (Wildman–Crippen LogP) is 3.60. The second kappa shape index (κ2) is 15.8. The van der Waals surface area contributed by atoms with Gasteiger partial charge in [0.1, 0.15) is 0 Å². The number of nitrogens with zero attached hydrogens (tertiary/aromatic N) is 3. The molecule has 1 aromatic rings. The van der Waals surface area contributed by atoms with Crippen molar-refractivity contribution in [3.05, 3.63) is 35.4 Å². The Bertz CT molecular complexity index is 611. The zero-order valence-electron chi connectivity index (χ0n) is 19.2. The average molecular weight is 533 g/mol. The predicted molar refractivity (Wildman–Crippen MR) is 136 cm³/mol. The quantitative estimate of drug-likeness (QED) is 0.193. The zero-order valence-corrected chi connectivity index (χ0v) is 21.6. The Labute approximate surface area is 200 Å². The zero-order chi connectivity index (χ0) is 20.9. The summed E-state index contributed by atoms with van der Waals surface area (Å²) in [4.78, 5) is 9.80. The highest BCUT2D eigenvalue weighted by Gasteiger charge is 2.25. The van der Waals surface area contributed by atoms with Gasteiger partial charge < -0.3 is 19.7 Å². The SMILES string of the molecule is CCNC(=NCc1ccccc1CN(CC)CC)N1CCC(COCCOC)C1.I. The smallest absolute Gasteiger partial charge is 0.194 e. The van der Waals surface area contributed by atoms with Gasteiger partial charge in [-0.3, -0.25) is 4.90 Å². The van der Waals surface area contributed by atoms with Gasteiger partial charge in [0.2, 0.25) is 0 Å². The molecule has 0 saturated carbocycles. The maximum absolute atomic E-state index is 5.73. The van der Waals surface area contributed by atoms with Crippen LogP contribution >= 0.6 is 24.0 Å². The Hall–Kier alpha value is -0.900. The fraction of sp³-hybridized carbons (Fsp3) is 0.696. The summed E-state index contributed by atoms with van der Waals surface area (Å²) in [6, 6.07) is 8.69. The Kier molecular flexibility index (Phi) is 14.3. The van der Waals surface area contributed by atoms with Crippen molar-refractivity contribution in [2.45, 2.75) is 40.3 Å². The Balaban J connectivity index is 0.00000450. The first-order chi connectivity index (χ1) is 14.2. The molecule has 1 aromatic carbocycles. The van der Waals surface area contributed by atoms with E-state index in [4.69, 9.17) is 14.5 Å². The first kappa shape index (κ1) is 27.1. The lowest BCUT2D eigenvalue weighted by Crippen LogP contribution is -2.40. The second-order valence-corrected chi connectivity index (χ2v) is 7.57. The molecule has 0 spiro atoms. The highest BCUT2D eigenvalue weighted by Crippen LogP contribution is 2.18. The summed E-state index contributed by atoms with van der Waals surface area (Å²) in [5.74, 6) is 1.58. The maximum Gasteiger partial charge on any atom is 0.194 e. The number of benzene rings is 1. The topological polar surface area (TPSA) is 49.3 Å². The van der Waals surface area contributed by atoms with Gasteiger partial charge in [0, 0.05) is 39.2 Å². The van der Waals surface area contributed by atoms with Crippen LogP contribution in [0.15, 0.2) is 29.3 Å². The molecule has 1 aliphatic heterocycles. The summed E-state index contributed by atoms with van der Waals surface area (Å²) < 4.78 is 10.8. The Morgan fingerprint density at radius 1 is 1.17 bits per heavy atom. The highest BCUT2D eigenvalue weighted by molar-refractivity contribution is 14.0. The molecule has 7 heteroatoms. The monoisotopic (exact) mass is 532 g/mol. The normalized spacial score (nSPS) is 16.8. The molecular formula is C23H41IN4O2. The standard InChI is InChI=1S/C23H40N4O2.HI/c1-5-24-23(27-13-12-20(17-27)19-29-15-14-28-4)25-16-21-10-8-9-11-22(21)18-26(6-2)7-3;/h8-11,20H,5-7,12-19H2,1-4H3,(H,24,25);1H. The van der Waals surface area contributed by atoms with Crippen molar-refractivity contribution in [3.8, 4) is 0 Å². The molecule has 6 nitrogen and oxygen atoms in total. The third kappa shape index (κ3) is 9.08. The number of aliphatic imine (C=N–C) groups is 1. The van der Waals surface area contributed by atoms with Crippen molar-refractivity contribution in [2.24, 2.45) is 10.9 Å². The first-order valence-electron chi connectivity index (χ1n) is 11.1. The molecule has 2 rings (SSSR count). The molecule has 30 heavy (non-hydrogen) atoms. The van der Waals surface area contributed by atoms with E-state index in [0.29, 0.717) is 25.7 Å². The van der Waals surface area contributed by atoms with Gasteiger partial charge in [0.25, 0.3) is 0 Å². The van der Waals surface area contributed by atoms with Gasteiger partial charge in [-0.2, -0.15) is 0 Å². The van der Waals surface area contributed by atoms with Crippen LogP contribution in [0.5, 0.6) is 0 Å². The summed E-state index contributed by atoms with van der Waals surface area (Å²) in [6.45, 7) is 15.4. The third-order valence-electron chi connectivity index (χ3n) is 5.51. The van der Waals surface area contributed by atoms with E-state index in [1.165, 1.54) is 11.1 Å². The largest absolute Gasteiger partial charge is 0.382 e. The number of hydrogen-bond donors (Lipinski definition) is 1. The van der Waals surface area contributed by atoms with Crippen LogP contribution in [0.2, 0.25) is 0 Å². The van der Waals surface area contributed by atoms with Gasteiger partial charge in [-0.25, -0.2) is 4.99 Å². The fourth-order valence-corrected chi connectivity index (χ4v) is 3.69. The minimum absolute atomic E-state index is 0. The van der Waals surface area contributed by atoms with Gasteiger partial charge in [0.05, 0.1) is 26.4 Å². The molecule has 1 atom stereocenters. The van der Waals surface area contributed by atoms with E-state index in [2.05, 4.69) is 60.2 Å². The summed E-state index contributed by atoms with van der Waals surface area (Å²) in [7, 11) is 1.71. The van der Waals surface area contributed by atoms with Gasteiger partial charge in [-0.15, -0.1) is 24.0 Å². The summed E-state index contributed by atoms with van der Waals surface area (Å²) in [5.41, 5.74) is 2.69. The lowest BCUT2D eigenvalue weighted by atomic mass is 10.1. The van der Waals surface area contributed by atoms with Gasteiger partial charge in [0.15, 0.2) is 5.96 Å². The molecule has 1 saturated heterocycles. The number of likely N-dealkylation sites (tertiary alicyclic amines) is 1.